The third kappa shape index (κ3) is 6.53. The van der Waals surface area contributed by atoms with Crippen LogP contribution in [0, 0.1) is 12.7 Å². The fourth-order valence-electron chi connectivity index (χ4n) is 4.46. The minimum atomic E-state index is -0.498. The second-order valence-corrected chi connectivity index (χ2v) is 9.73. The fourth-order valence-corrected chi connectivity index (χ4v) is 4.58. The van der Waals surface area contributed by atoms with Crippen molar-refractivity contribution < 1.29 is 23.3 Å². The van der Waals surface area contributed by atoms with Gasteiger partial charge in [-0.15, -0.1) is 0 Å². The SMILES string of the molecule is COc1cc2c(Oc3c(C)ccc(Nc4ccc(Cl)cc4)c3F)ccnc2cc1OCCCN1CCOCC1. The first-order chi connectivity index (χ1) is 19.0. The van der Waals surface area contributed by atoms with Crippen LogP contribution in [0.25, 0.3) is 10.9 Å². The Morgan fingerprint density at radius 3 is 2.59 bits per heavy atom. The Hall–Kier alpha value is -3.59. The van der Waals surface area contributed by atoms with Crippen molar-refractivity contribution in [3.05, 3.63) is 77.2 Å². The first-order valence-electron chi connectivity index (χ1n) is 12.9. The minimum absolute atomic E-state index is 0.129. The lowest BCUT2D eigenvalue weighted by molar-refractivity contribution is 0.0357. The molecule has 1 aliphatic heterocycles. The third-order valence-corrected chi connectivity index (χ3v) is 6.85. The number of methoxy groups -OCH3 is 1. The van der Waals surface area contributed by atoms with Gasteiger partial charge in [0.1, 0.15) is 5.75 Å². The summed E-state index contributed by atoms with van der Waals surface area (Å²) in [6.07, 6.45) is 2.52. The molecule has 204 valence electrons. The zero-order valence-electron chi connectivity index (χ0n) is 22.0. The molecule has 0 unspecified atom stereocenters. The second kappa shape index (κ2) is 12.5. The Morgan fingerprint density at radius 2 is 1.82 bits per heavy atom. The summed E-state index contributed by atoms with van der Waals surface area (Å²) in [5.41, 5.74) is 2.32. The summed E-state index contributed by atoms with van der Waals surface area (Å²) >= 11 is 5.97. The summed E-state index contributed by atoms with van der Waals surface area (Å²) in [5, 5.41) is 4.38. The smallest absolute Gasteiger partial charge is 0.189 e. The molecule has 2 heterocycles. The maximum absolute atomic E-state index is 15.6. The molecule has 7 nitrogen and oxygen atoms in total. The van der Waals surface area contributed by atoms with E-state index in [0.717, 1.165) is 39.3 Å². The van der Waals surface area contributed by atoms with Gasteiger partial charge in [-0.05, 0) is 61.4 Å². The lowest BCUT2D eigenvalue weighted by atomic mass is 10.1. The Bertz CT molecular complexity index is 1430. The number of aromatic nitrogens is 1. The molecule has 1 aliphatic rings. The second-order valence-electron chi connectivity index (χ2n) is 9.29. The zero-order valence-corrected chi connectivity index (χ0v) is 22.8. The van der Waals surface area contributed by atoms with E-state index in [1.165, 1.54) is 0 Å². The number of nitrogens with zero attached hydrogens (tertiary/aromatic N) is 2. The van der Waals surface area contributed by atoms with Gasteiger partial charge in [-0.25, -0.2) is 4.39 Å². The number of ether oxygens (including phenoxy) is 4. The van der Waals surface area contributed by atoms with Crippen molar-refractivity contribution in [2.24, 2.45) is 0 Å². The molecule has 4 aromatic rings. The van der Waals surface area contributed by atoms with E-state index in [9.17, 15) is 0 Å². The quantitative estimate of drug-likeness (QED) is 0.213. The molecule has 9 heteroatoms. The van der Waals surface area contributed by atoms with Gasteiger partial charge in [0.2, 0.25) is 0 Å². The van der Waals surface area contributed by atoms with Crippen LogP contribution in [0.2, 0.25) is 5.02 Å². The zero-order chi connectivity index (χ0) is 27.2. The van der Waals surface area contributed by atoms with E-state index in [4.69, 9.17) is 30.5 Å². The molecule has 3 aromatic carbocycles. The first kappa shape index (κ1) is 27.0. The highest BCUT2D eigenvalue weighted by Crippen LogP contribution is 2.39. The molecule has 0 aliphatic carbocycles. The maximum Gasteiger partial charge on any atom is 0.189 e. The van der Waals surface area contributed by atoms with Crippen LogP contribution in [-0.4, -0.2) is 56.4 Å². The Balaban J connectivity index is 1.35. The molecule has 0 atom stereocenters. The molecule has 0 bridgehead atoms. The molecule has 0 spiro atoms. The number of halogens is 2. The van der Waals surface area contributed by atoms with E-state index in [1.807, 2.05) is 18.2 Å². The number of hydrogen-bond donors (Lipinski definition) is 1. The van der Waals surface area contributed by atoms with E-state index >= 15 is 4.39 Å². The third-order valence-electron chi connectivity index (χ3n) is 6.60. The van der Waals surface area contributed by atoms with E-state index in [2.05, 4.69) is 15.2 Å². The molecule has 1 fully saturated rings. The number of rotatable bonds is 10. The molecule has 0 saturated carbocycles. The number of nitrogens with one attached hydrogen (secondary N) is 1. The molecule has 0 amide bonds. The van der Waals surface area contributed by atoms with Gasteiger partial charge < -0.3 is 24.3 Å². The average molecular weight is 552 g/mol. The molecule has 39 heavy (non-hydrogen) atoms. The van der Waals surface area contributed by atoms with E-state index in [-0.39, 0.29) is 5.75 Å². The van der Waals surface area contributed by atoms with Crippen LogP contribution in [0.3, 0.4) is 0 Å². The highest BCUT2D eigenvalue weighted by Gasteiger charge is 2.18. The van der Waals surface area contributed by atoms with Crippen LogP contribution in [0.5, 0.6) is 23.0 Å². The fraction of sp³-hybridized carbons (Fsp3) is 0.300. The summed E-state index contributed by atoms with van der Waals surface area (Å²) in [5.74, 6) is 1.25. The molecule has 5 rings (SSSR count). The van der Waals surface area contributed by atoms with Crippen LogP contribution in [-0.2, 0) is 4.74 Å². The summed E-state index contributed by atoms with van der Waals surface area (Å²) in [4.78, 5) is 6.86. The van der Waals surface area contributed by atoms with Gasteiger partial charge >= 0.3 is 0 Å². The van der Waals surface area contributed by atoms with Gasteiger partial charge in [-0.1, -0.05) is 17.7 Å². The van der Waals surface area contributed by atoms with Crippen LogP contribution >= 0.6 is 11.6 Å². The van der Waals surface area contributed by atoms with Crippen molar-refractivity contribution in [2.45, 2.75) is 13.3 Å². The Kier molecular flexibility index (Phi) is 8.66. The number of aryl methyl sites for hydroxylation is 1. The number of fused-ring (bicyclic) bond motifs is 1. The van der Waals surface area contributed by atoms with Crippen molar-refractivity contribution in [3.8, 4) is 23.0 Å². The molecule has 0 radical (unpaired) electrons. The van der Waals surface area contributed by atoms with E-state index < -0.39 is 5.82 Å². The number of anilines is 2. The number of benzene rings is 3. The topological polar surface area (TPSA) is 65.1 Å². The van der Waals surface area contributed by atoms with Gasteiger partial charge in [-0.2, -0.15) is 0 Å². The first-order valence-corrected chi connectivity index (χ1v) is 13.3. The van der Waals surface area contributed by atoms with Crippen molar-refractivity contribution in [2.75, 3.05) is 51.9 Å². The van der Waals surface area contributed by atoms with Crippen LogP contribution in [0.1, 0.15) is 12.0 Å². The lowest BCUT2D eigenvalue weighted by Gasteiger charge is -2.26. The van der Waals surface area contributed by atoms with E-state index in [0.29, 0.717) is 56.7 Å². The summed E-state index contributed by atoms with van der Waals surface area (Å²) < 4.78 is 38.9. The normalized spacial score (nSPS) is 13.8. The predicted molar refractivity (Wildman–Crippen MR) is 152 cm³/mol. The average Bonchev–Trinajstić information content (AvgIpc) is 2.96. The Labute approximate surface area is 232 Å². The standard InChI is InChI=1S/C30H31ClFN3O4/c1-20-4-9-24(34-22-7-5-21(31)6-8-22)29(32)30(20)39-26-10-11-33-25-19-28(27(36-2)18-23(25)26)38-15-3-12-35-13-16-37-17-14-35/h4-11,18-19,34H,3,12-17H2,1-2H3. The molecule has 1 N–H and O–H groups in total. The number of morpholine rings is 1. The molecule has 1 saturated heterocycles. The van der Waals surface area contributed by atoms with Crippen molar-refractivity contribution in [3.63, 3.8) is 0 Å². The van der Waals surface area contributed by atoms with Crippen molar-refractivity contribution in [1.82, 2.24) is 9.88 Å². The van der Waals surface area contributed by atoms with Gasteiger partial charge in [-0.3, -0.25) is 9.88 Å². The largest absolute Gasteiger partial charge is 0.493 e. The maximum atomic E-state index is 15.6. The number of hydrogen-bond acceptors (Lipinski definition) is 7. The van der Waals surface area contributed by atoms with Crippen molar-refractivity contribution in [1.29, 1.82) is 0 Å². The van der Waals surface area contributed by atoms with Gasteiger partial charge in [0, 0.05) is 48.0 Å². The van der Waals surface area contributed by atoms with Gasteiger partial charge in [0.25, 0.3) is 0 Å². The summed E-state index contributed by atoms with van der Waals surface area (Å²) in [7, 11) is 1.59. The molecular weight excluding hydrogens is 521 g/mol. The summed E-state index contributed by atoms with van der Waals surface area (Å²) in [6, 6.07) is 15.9. The van der Waals surface area contributed by atoms with Crippen molar-refractivity contribution >= 4 is 33.9 Å². The monoisotopic (exact) mass is 551 g/mol. The highest BCUT2D eigenvalue weighted by atomic mass is 35.5. The van der Waals surface area contributed by atoms with Crippen LogP contribution in [0.15, 0.2) is 60.8 Å². The summed E-state index contributed by atoms with van der Waals surface area (Å²) in [6.45, 7) is 6.76. The number of pyridine rings is 1. The van der Waals surface area contributed by atoms with Gasteiger partial charge in [0.15, 0.2) is 23.1 Å². The van der Waals surface area contributed by atoms with Gasteiger partial charge in [0.05, 0.1) is 38.1 Å². The van der Waals surface area contributed by atoms with Crippen LogP contribution in [0.4, 0.5) is 15.8 Å². The minimum Gasteiger partial charge on any atom is -0.493 e. The van der Waals surface area contributed by atoms with E-state index in [1.54, 1.807) is 56.6 Å². The van der Waals surface area contributed by atoms with Crippen LogP contribution < -0.4 is 19.5 Å². The predicted octanol–water partition coefficient (Wildman–Crippen LogP) is 6.98. The Morgan fingerprint density at radius 1 is 1.03 bits per heavy atom. The molecular formula is C30H31ClFN3O4. The lowest BCUT2D eigenvalue weighted by Crippen LogP contribution is -2.37. The highest BCUT2D eigenvalue weighted by molar-refractivity contribution is 6.30. The molecule has 1 aromatic heterocycles.